The van der Waals surface area contributed by atoms with Crippen molar-refractivity contribution >= 4 is 5.69 Å². The molecule has 2 nitrogen and oxygen atoms in total. The lowest BCUT2D eigenvalue weighted by Crippen LogP contribution is -2.35. The van der Waals surface area contributed by atoms with Crippen LogP contribution < -0.4 is 4.90 Å². The van der Waals surface area contributed by atoms with E-state index in [1.54, 1.807) is 12.1 Å². The molecule has 0 bridgehead atoms. The van der Waals surface area contributed by atoms with E-state index in [0.29, 0.717) is 0 Å². The van der Waals surface area contributed by atoms with Gasteiger partial charge in [0.05, 0.1) is 6.10 Å². The molecular weight excluding hydrogens is 181 g/mol. The fourth-order valence-corrected chi connectivity index (χ4v) is 1.78. The second-order valence-corrected chi connectivity index (χ2v) is 3.69. The fourth-order valence-electron chi connectivity index (χ4n) is 1.78. The molecule has 0 aromatic heterocycles. The third-order valence-corrected chi connectivity index (χ3v) is 2.66. The molecule has 1 aromatic carbocycles. The van der Waals surface area contributed by atoms with Crippen LogP contribution >= 0.6 is 0 Å². The van der Waals surface area contributed by atoms with Gasteiger partial charge in [-0.15, -0.1) is 0 Å². The molecule has 1 aromatic rings. The van der Waals surface area contributed by atoms with E-state index >= 15 is 0 Å². The molecule has 76 valence electrons. The van der Waals surface area contributed by atoms with Crippen LogP contribution in [0.1, 0.15) is 12.8 Å². The number of rotatable bonds is 1. The van der Waals surface area contributed by atoms with Crippen LogP contribution in [0.3, 0.4) is 0 Å². The van der Waals surface area contributed by atoms with Crippen molar-refractivity contribution in [2.45, 2.75) is 18.9 Å². The highest BCUT2D eigenvalue weighted by atomic mass is 19.1. The van der Waals surface area contributed by atoms with Crippen molar-refractivity contribution in [2.75, 3.05) is 18.0 Å². The quantitative estimate of drug-likeness (QED) is 0.738. The third kappa shape index (κ3) is 2.04. The van der Waals surface area contributed by atoms with E-state index in [0.717, 1.165) is 31.6 Å². The number of aliphatic hydroxyl groups is 1. The van der Waals surface area contributed by atoms with E-state index in [2.05, 4.69) is 4.90 Å². The van der Waals surface area contributed by atoms with E-state index in [-0.39, 0.29) is 11.9 Å². The van der Waals surface area contributed by atoms with Crippen LogP contribution in [0.2, 0.25) is 0 Å². The molecule has 0 saturated carbocycles. The van der Waals surface area contributed by atoms with Crippen LogP contribution in [-0.2, 0) is 0 Å². The Labute approximate surface area is 83.0 Å². The molecule has 14 heavy (non-hydrogen) atoms. The molecule has 0 spiro atoms. The maximum absolute atomic E-state index is 12.7. The van der Waals surface area contributed by atoms with Gasteiger partial charge in [0.25, 0.3) is 0 Å². The zero-order chi connectivity index (χ0) is 9.97. The summed E-state index contributed by atoms with van der Waals surface area (Å²) < 4.78 is 12.7. The highest BCUT2D eigenvalue weighted by Crippen LogP contribution is 2.19. The van der Waals surface area contributed by atoms with Crippen molar-refractivity contribution in [1.29, 1.82) is 0 Å². The summed E-state index contributed by atoms with van der Waals surface area (Å²) in [4.78, 5) is 2.17. The number of hydrogen-bond donors (Lipinski definition) is 1. The van der Waals surface area contributed by atoms with Crippen LogP contribution in [0.15, 0.2) is 24.3 Å². The second kappa shape index (κ2) is 3.96. The van der Waals surface area contributed by atoms with Crippen molar-refractivity contribution in [3.05, 3.63) is 30.1 Å². The lowest BCUT2D eigenvalue weighted by atomic mass is 10.1. The Morgan fingerprint density at radius 2 is 1.71 bits per heavy atom. The van der Waals surface area contributed by atoms with Crippen molar-refractivity contribution in [2.24, 2.45) is 0 Å². The smallest absolute Gasteiger partial charge is 0.123 e. The van der Waals surface area contributed by atoms with Crippen LogP contribution in [0.4, 0.5) is 10.1 Å². The molecule has 0 radical (unpaired) electrons. The van der Waals surface area contributed by atoms with Gasteiger partial charge in [-0.05, 0) is 37.1 Å². The Morgan fingerprint density at radius 1 is 1.14 bits per heavy atom. The molecule has 0 unspecified atom stereocenters. The zero-order valence-electron chi connectivity index (χ0n) is 7.99. The molecular formula is C11H14FNO. The Kier molecular flexibility index (Phi) is 2.68. The molecule has 0 atom stereocenters. The summed E-state index contributed by atoms with van der Waals surface area (Å²) >= 11 is 0. The Bertz CT molecular complexity index is 291. The number of piperidine rings is 1. The van der Waals surface area contributed by atoms with Gasteiger partial charge >= 0.3 is 0 Å². The summed E-state index contributed by atoms with van der Waals surface area (Å²) in [6.07, 6.45) is 1.45. The topological polar surface area (TPSA) is 23.5 Å². The lowest BCUT2D eigenvalue weighted by Gasteiger charge is -2.31. The van der Waals surface area contributed by atoms with Crippen molar-refractivity contribution < 1.29 is 9.50 Å². The summed E-state index contributed by atoms with van der Waals surface area (Å²) in [5, 5.41) is 9.33. The minimum atomic E-state index is -0.203. The number of anilines is 1. The molecule has 0 amide bonds. The highest BCUT2D eigenvalue weighted by Gasteiger charge is 2.16. The van der Waals surface area contributed by atoms with Gasteiger partial charge in [0, 0.05) is 18.8 Å². The molecule has 2 rings (SSSR count). The molecule has 1 heterocycles. The van der Waals surface area contributed by atoms with E-state index < -0.39 is 0 Å². The first-order chi connectivity index (χ1) is 6.75. The molecule has 3 heteroatoms. The van der Waals surface area contributed by atoms with E-state index in [9.17, 15) is 9.50 Å². The highest BCUT2D eigenvalue weighted by molar-refractivity contribution is 5.46. The monoisotopic (exact) mass is 195 g/mol. The SMILES string of the molecule is OC1CCN(c2ccc(F)cc2)CC1. The fraction of sp³-hybridized carbons (Fsp3) is 0.455. The van der Waals surface area contributed by atoms with Gasteiger partial charge in [-0.1, -0.05) is 0 Å². The maximum atomic E-state index is 12.7. The van der Waals surface area contributed by atoms with E-state index in [1.165, 1.54) is 12.1 Å². The van der Waals surface area contributed by atoms with Crippen LogP contribution in [0, 0.1) is 5.82 Å². The molecule has 1 aliphatic rings. The minimum Gasteiger partial charge on any atom is -0.393 e. The van der Waals surface area contributed by atoms with Gasteiger partial charge in [-0.25, -0.2) is 4.39 Å². The van der Waals surface area contributed by atoms with Crippen molar-refractivity contribution in [3.8, 4) is 0 Å². The van der Waals surface area contributed by atoms with Gasteiger partial charge in [-0.3, -0.25) is 0 Å². The Hall–Kier alpha value is -1.09. The van der Waals surface area contributed by atoms with Gasteiger partial charge in [-0.2, -0.15) is 0 Å². The van der Waals surface area contributed by atoms with Crippen molar-refractivity contribution in [1.82, 2.24) is 0 Å². The molecule has 1 N–H and O–H groups in total. The first-order valence-electron chi connectivity index (χ1n) is 4.94. The third-order valence-electron chi connectivity index (χ3n) is 2.66. The Balaban J connectivity index is 2.05. The van der Waals surface area contributed by atoms with Gasteiger partial charge in [0.2, 0.25) is 0 Å². The normalized spacial score (nSPS) is 18.6. The summed E-state index contributed by atoms with van der Waals surface area (Å²) in [6, 6.07) is 6.51. The average Bonchev–Trinajstić information content (AvgIpc) is 2.21. The molecule has 0 aliphatic carbocycles. The number of hydrogen-bond acceptors (Lipinski definition) is 2. The summed E-state index contributed by atoms with van der Waals surface area (Å²) in [7, 11) is 0. The summed E-state index contributed by atoms with van der Waals surface area (Å²) in [5.74, 6) is -0.203. The largest absolute Gasteiger partial charge is 0.393 e. The minimum absolute atomic E-state index is 0.160. The Morgan fingerprint density at radius 3 is 2.29 bits per heavy atom. The predicted octanol–water partition coefficient (Wildman–Crippen LogP) is 1.79. The average molecular weight is 195 g/mol. The number of benzene rings is 1. The van der Waals surface area contributed by atoms with Crippen molar-refractivity contribution in [3.63, 3.8) is 0 Å². The molecule has 1 saturated heterocycles. The number of nitrogens with zero attached hydrogens (tertiary/aromatic N) is 1. The van der Waals surface area contributed by atoms with E-state index in [4.69, 9.17) is 0 Å². The predicted molar refractivity (Wildman–Crippen MR) is 53.9 cm³/mol. The summed E-state index contributed by atoms with van der Waals surface area (Å²) in [6.45, 7) is 1.71. The standard InChI is InChI=1S/C11H14FNO/c12-9-1-3-10(4-2-9)13-7-5-11(14)6-8-13/h1-4,11,14H,5-8H2. The van der Waals surface area contributed by atoms with Gasteiger partial charge in [0.1, 0.15) is 5.82 Å². The lowest BCUT2D eigenvalue weighted by molar-refractivity contribution is 0.145. The van der Waals surface area contributed by atoms with Crippen LogP contribution in [-0.4, -0.2) is 24.3 Å². The van der Waals surface area contributed by atoms with Crippen LogP contribution in [0.5, 0.6) is 0 Å². The molecule has 1 fully saturated rings. The van der Waals surface area contributed by atoms with Gasteiger partial charge < -0.3 is 10.0 Å². The molecule has 1 aliphatic heterocycles. The second-order valence-electron chi connectivity index (χ2n) is 3.69. The van der Waals surface area contributed by atoms with E-state index in [1.807, 2.05) is 0 Å². The number of halogens is 1. The zero-order valence-corrected chi connectivity index (χ0v) is 7.99. The summed E-state index contributed by atoms with van der Waals surface area (Å²) in [5.41, 5.74) is 1.04. The van der Waals surface area contributed by atoms with Crippen LogP contribution in [0.25, 0.3) is 0 Å². The maximum Gasteiger partial charge on any atom is 0.123 e. The first kappa shape index (κ1) is 9.46. The van der Waals surface area contributed by atoms with Gasteiger partial charge in [0.15, 0.2) is 0 Å². The number of aliphatic hydroxyl groups excluding tert-OH is 1. The first-order valence-corrected chi connectivity index (χ1v) is 4.94.